The van der Waals surface area contributed by atoms with Crippen LogP contribution in [-0.4, -0.2) is 76.9 Å². The Hall–Kier alpha value is -0.160. The molecular formula is C13H31N3O. The molecule has 1 unspecified atom stereocenters. The average Bonchev–Trinajstić information content (AvgIpc) is 2.25. The molecule has 0 fully saturated rings. The molecule has 104 valence electrons. The maximum Gasteiger partial charge on any atom is 0.0628 e. The summed E-state index contributed by atoms with van der Waals surface area (Å²) < 4.78 is 5.25. The summed E-state index contributed by atoms with van der Waals surface area (Å²) in [5.74, 6) is 0. The lowest BCUT2D eigenvalue weighted by atomic mass is 10.2. The van der Waals surface area contributed by atoms with Crippen molar-refractivity contribution in [1.82, 2.24) is 15.1 Å². The van der Waals surface area contributed by atoms with Crippen molar-refractivity contribution in [2.75, 3.05) is 61.0 Å². The highest BCUT2D eigenvalue weighted by Gasteiger charge is 2.10. The molecule has 0 radical (unpaired) electrons. The van der Waals surface area contributed by atoms with Crippen LogP contribution in [0.2, 0.25) is 0 Å². The van der Waals surface area contributed by atoms with Gasteiger partial charge in [-0.1, -0.05) is 6.92 Å². The lowest BCUT2D eigenvalue weighted by Crippen LogP contribution is -2.43. The maximum absolute atomic E-state index is 5.25. The van der Waals surface area contributed by atoms with Gasteiger partial charge < -0.3 is 19.9 Å². The molecule has 17 heavy (non-hydrogen) atoms. The summed E-state index contributed by atoms with van der Waals surface area (Å²) in [6.45, 7) is 7.41. The molecule has 1 atom stereocenters. The fourth-order valence-corrected chi connectivity index (χ4v) is 1.85. The SMILES string of the molecule is CCCNC(COC)CN(C)CCCN(C)C. The second-order valence-corrected chi connectivity index (χ2v) is 5.03. The molecule has 0 aromatic heterocycles. The van der Waals surface area contributed by atoms with Gasteiger partial charge in [0.1, 0.15) is 0 Å². The van der Waals surface area contributed by atoms with Crippen molar-refractivity contribution in [2.45, 2.75) is 25.8 Å². The summed E-state index contributed by atoms with van der Waals surface area (Å²) in [7, 11) is 8.20. The summed E-state index contributed by atoms with van der Waals surface area (Å²) >= 11 is 0. The van der Waals surface area contributed by atoms with E-state index in [1.165, 1.54) is 12.8 Å². The highest BCUT2D eigenvalue weighted by atomic mass is 16.5. The molecule has 4 heteroatoms. The molecular weight excluding hydrogens is 214 g/mol. The second-order valence-electron chi connectivity index (χ2n) is 5.03. The van der Waals surface area contributed by atoms with E-state index in [0.29, 0.717) is 6.04 Å². The summed E-state index contributed by atoms with van der Waals surface area (Å²) in [5, 5.41) is 3.52. The van der Waals surface area contributed by atoms with Gasteiger partial charge in [0.2, 0.25) is 0 Å². The molecule has 0 saturated heterocycles. The van der Waals surface area contributed by atoms with Gasteiger partial charge in [0, 0.05) is 19.7 Å². The predicted octanol–water partition coefficient (Wildman–Crippen LogP) is 0.885. The Kier molecular flexibility index (Phi) is 10.9. The van der Waals surface area contributed by atoms with E-state index in [1.807, 2.05) is 0 Å². The monoisotopic (exact) mass is 245 g/mol. The number of hydrogen-bond donors (Lipinski definition) is 1. The van der Waals surface area contributed by atoms with Crippen LogP contribution < -0.4 is 5.32 Å². The first kappa shape index (κ1) is 16.8. The Morgan fingerprint density at radius 3 is 2.41 bits per heavy atom. The van der Waals surface area contributed by atoms with Crippen LogP contribution in [0, 0.1) is 0 Å². The third kappa shape index (κ3) is 10.7. The Morgan fingerprint density at radius 2 is 1.88 bits per heavy atom. The quantitative estimate of drug-likeness (QED) is 0.585. The lowest BCUT2D eigenvalue weighted by Gasteiger charge is -2.25. The second kappa shape index (κ2) is 11.0. The zero-order valence-corrected chi connectivity index (χ0v) is 12.3. The lowest BCUT2D eigenvalue weighted by molar-refractivity contribution is 0.144. The third-order valence-electron chi connectivity index (χ3n) is 2.73. The molecule has 0 heterocycles. The van der Waals surface area contributed by atoms with Gasteiger partial charge in [0.25, 0.3) is 0 Å². The zero-order chi connectivity index (χ0) is 13.1. The number of rotatable bonds is 11. The largest absolute Gasteiger partial charge is 0.383 e. The Labute approximate surface area is 107 Å². The molecule has 1 N–H and O–H groups in total. The Bertz CT molecular complexity index is 165. The van der Waals surface area contributed by atoms with Crippen molar-refractivity contribution < 1.29 is 4.74 Å². The number of hydrogen-bond acceptors (Lipinski definition) is 4. The number of nitrogens with zero attached hydrogens (tertiary/aromatic N) is 2. The van der Waals surface area contributed by atoms with Crippen molar-refractivity contribution in [2.24, 2.45) is 0 Å². The molecule has 0 aromatic carbocycles. The van der Waals surface area contributed by atoms with Crippen LogP contribution in [-0.2, 0) is 4.74 Å². The van der Waals surface area contributed by atoms with E-state index in [-0.39, 0.29) is 0 Å². The van der Waals surface area contributed by atoms with Gasteiger partial charge in [0.15, 0.2) is 0 Å². The molecule has 0 amide bonds. The van der Waals surface area contributed by atoms with E-state index in [4.69, 9.17) is 4.74 Å². The minimum absolute atomic E-state index is 0.448. The molecule has 0 aliphatic heterocycles. The van der Waals surface area contributed by atoms with E-state index in [2.05, 4.69) is 43.2 Å². The normalized spacial score (nSPS) is 13.6. The first-order valence-corrected chi connectivity index (χ1v) is 6.65. The van der Waals surface area contributed by atoms with Crippen LogP contribution in [0.15, 0.2) is 0 Å². The minimum atomic E-state index is 0.448. The highest BCUT2D eigenvalue weighted by Crippen LogP contribution is 1.94. The van der Waals surface area contributed by atoms with Crippen LogP contribution in [0.3, 0.4) is 0 Å². The van der Waals surface area contributed by atoms with E-state index >= 15 is 0 Å². The van der Waals surface area contributed by atoms with Gasteiger partial charge in [-0.2, -0.15) is 0 Å². The van der Waals surface area contributed by atoms with E-state index in [1.54, 1.807) is 7.11 Å². The molecule has 0 aliphatic carbocycles. The smallest absolute Gasteiger partial charge is 0.0628 e. The Balaban J connectivity index is 3.73. The van der Waals surface area contributed by atoms with E-state index < -0.39 is 0 Å². The summed E-state index contributed by atoms with van der Waals surface area (Å²) in [4.78, 5) is 4.62. The number of ether oxygens (including phenoxy) is 1. The molecule has 0 aromatic rings. The predicted molar refractivity (Wildman–Crippen MR) is 74.6 cm³/mol. The van der Waals surface area contributed by atoms with Crippen molar-refractivity contribution in [1.29, 1.82) is 0 Å². The number of likely N-dealkylation sites (N-methyl/N-ethyl adjacent to an activating group) is 1. The molecule has 0 bridgehead atoms. The van der Waals surface area contributed by atoms with Crippen LogP contribution >= 0.6 is 0 Å². The van der Waals surface area contributed by atoms with Gasteiger partial charge in [-0.3, -0.25) is 0 Å². The van der Waals surface area contributed by atoms with Gasteiger partial charge in [0.05, 0.1) is 6.61 Å². The van der Waals surface area contributed by atoms with Crippen LogP contribution in [0.1, 0.15) is 19.8 Å². The topological polar surface area (TPSA) is 27.7 Å². The molecule has 0 aliphatic rings. The summed E-state index contributed by atoms with van der Waals surface area (Å²) in [6, 6.07) is 0.448. The molecule has 0 spiro atoms. The van der Waals surface area contributed by atoms with Gasteiger partial charge in [-0.05, 0) is 53.6 Å². The van der Waals surface area contributed by atoms with E-state index in [9.17, 15) is 0 Å². The van der Waals surface area contributed by atoms with Gasteiger partial charge in [-0.15, -0.1) is 0 Å². The Morgan fingerprint density at radius 1 is 1.18 bits per heavy atom. The third-order valence-corrected chi connectivity index (χ3v) is 2.73. The highest BCUT2D eigenvalue weighted by molar-refractivity contribution is 4.70. The first-order chi connectivity index (χ1) is 8.10. The van der Waals surface area contributed by atoms with Crippen molar-refractivity contribution >= 4 is 0 Å². The zero-order valence-electron chi connectivity index (χ0n) is 12.3. The summed E-state index contributed by atoms with van der Waals surface area (Å²) in [5.41, 5.74) is 0. The maximum atomic E-state index is 5.25. The fourth-order valence-electron chi connectivity index (χ4n) is 1.85. The molecule has 0 rings (SSSR count). The number of methoxy groups -OCH3 is 1. The standard InChI is InChI=1S/C13H31N3O/c1-6-8-14-13(12-17-5)11-16(4)10-7-9-15(2)3/h13-14H,6-12H2,1-5H3. The molecule has 4 nitrogen and oxygen atoms in total. The van der Waals surface area contributed by atoms with Crippen LogP contribution in [0.5, 0.6) is 0 Å². The first-order valence-electron chi connectivity index (χ1n) is 6.65. The average molecular weight is 245 g/mol. The van der Waals surface area contributed by atoms with Crippen molar-refractivity contribution in [3.63, 3.8) is 0 Å². The summed E-state index contributed by atoms with van der Waals surface area (Å²) in [6.07, 6.45) is 2.39. The van der Waals surface area contributed by atoms with E-state index in [0.717, 1.165) is 32.8 Å². The van der Waals surface area contributed by atoms with Crippen molar-refractivity contribution in [3.8, 4) is 0 Å². The van der Waals surface area contributed by atoms with Crippen LogP contribution in [0.25, 0.3) is 0 Å². The fraction of sp³-hybridized carbons (Fsp3) is 1.00. The minimum Gasteiger partial charge on any atom is -0.383 e. The number of nitrogens with one attached hydrogen (secondary N) is 1. The van der Waals surface area contributed by atoms with Crippen LogP contribution in [0.4, 0.5) is 0 Å². The van der Waals surface area contributed by atoms with Crippen molar-refractivity contribution in [3.05, 3.63) is 0 Å². The van der Waals surface area contributed by atoms with Gasteiger partial charge >= 0.3 is 0 Å². The molecule has 0 saturated carbocycles. The van der Waals surface area contributed by atoms with Gasteiger partial charge in [-0.25, -0.2) is 0 Å².